The number of nitrogens with zero attached hydrogens (tertiary/aromatic N) is 1. The zero-order chi connectivity index (χ0) is 22.0. The summed E-state index contributed by atoms with van der Waals surface area (Å²) in [5, 5.41) is 0.551. The number of hydrogen-bond acceptors (Lipinski definition) is 3. The number of hydrogen-bond donors (Lipinski definition) is 0. The molecule has 0 unspecified atom stereocenters. The molecule has 0 saturated carbocycles. The average Bonchev–Trinajstić information content (AvgIpc) is 3.16. The molecule has 0 aromatic heterocycles. The van der Waals surface area contributed by atoms with Crippen molar-refractivity contribution >= 4 is 29.2 Å². The number of ether oxygens (including phenoxy) is 1. The minimum absolute atomic E-state index is 0.107. The molecule has 31 heavy (non-hydrogen) atoms. The summed E-state index contributed by atoms with van der Waals surface area (Å²) in [5.41, 5.74) is 2.87. The van der Waals surface area contributed by atoms with Gasteiger partial charge in [0, 0.05) is 29.1 Å². The van der Waals surface area contributed by atoms with Gasteiger partial charge in [-0.15, -0.1) is 0 Å². The Balaban J connectivity index is 1.43. The zero-order valence-corrected chi connectivity index (χ0v) is 18.3. The third-order valence-electron chi connectivity index (χ3n) is 5.87. The van der Waals surface area contributed by atoms with E-state index in [0.717, 1.165) is 5.56 Å². The van der Waals surface area contributed by atoms with Gasteiger partial charge >= 0.3 is 5.97 Å². The topological polar surface area (TPSA) is 46.6 Å². The molecule has 0 radical (unpaired) electrons. The van der Waals surface area contributed by atoms with Gasteiger partial charge in [-0.25, -0.2) is 0 Å². The second-order valence-electron chi connectivity index (χ2n) is 8.32. The summed E-state index contributed by atoms with van der Waals surface area (Å²) in [6.45, 7) is 4.62. The molecule has 4 nitrogen and oxygen atoms in total. The molecule has 1 amide bonds. The Morgan fingerprint density at radius 1 is 0.968 bits per heavy atom. The van der Waals surface area contributed by atoms with Crippen LogP contribution in [0.25, 0.3) is 0 Å². The number of amides is 1. The SMILES string of the molecule is CC(C)(c1ccccc1)c1ccc(OC(=O)[C@H]2CC(=O)N(c3cccc(Cl)c3)C2)cc1. The Morgan fingerprint density at radius 2 is 1.65 bits per heavy atom. The van der Waals surface area contributed by atoms with Crippen molar-refractivity contribution in [3.05, 3.63) is 95.0 Å². The average molecular weight is 434 g/mol. The van der Waals surface area contributed by atoms with Gasteiger partial charge < -0.3 is 9.64 Å². The molecular weight excluding hydrogens is 410 g/mol. The van der Waals surface area contributed by atoms with Crippen LogP contribution in [0.3, 0.4) is 0 Å². The number of carbonyl (C=O) groups is 2. The molecule has 1 aliphatic heterocycles. The molecule has 1 saturated heterocycles. The van der Waals surface area contributed by atoms with Gasteiger partial charge in [-0.2, -0.15) is 0 Å². The van der Waals surface area contributed by atoms with Crippen molar-refractivity contribution in [1.29, 1.82) is 0 Å². The first-order valence-electron chi connectivity index (χ1n) is 10.3. The lowest BCUT2D eigenvalue weighted by molar-refractivity contribution is -0.139. The lowest BCUT2D eigenvalue weighted by Gasteiger charge is -2.26. The predicted octanol–water partition coefficient (Wildman–Crippen LogP) is 5.62. The summed E-state index contributed by atoms with van der Waals surface area (Å²) < 4.78 is 5.58. The summed E-state index contributed by atoms with van der Waals surface area (Å²) >= 11 is 6.03. The summed E-state index contributed by atoms with van der Waals surface area (Å²) in [6.07, 6.45) is 0.129. The first-order chi connectivity index (χ1) is 14.8. The number of benzene rings is 3. The summed E-state index contributed by atoms with van der Waals surface area (Å²) in [7, 11) is 0. The van der Waals surface area contributed by atoms with Crippen molar-refractivity contribution < 1.29 is 14.3 Å². The molecule has 4 rings (SSSR count). The van der Waals surface area contributed by atoms with Crippen LogP contribution in [0.5, 0.6) is 5.75 Å². The Hall–Kier alpha value is -3.11. The van der Waals surface area contributed by atoms with Crippen molar-refractivity contribution in [2.24, 2.45) is 5.92 Å². The van der Waals surface area contributed by atoms with Crippen LogP contribution >= 0.6 is 11.6 Å². The maximum absolute atomic E-state index is 12.7. The highest BCUT2D eigenvalue weighted by atomic mass is 35.5. The molecular formula is C26H24ClNO3. The molecule has 1 aliphatic rings. The van der Waals surface area contributed by atoms with E-state index < -0.39 is 11.9 Å². The molecule has 158 valence electrons. The van der Waals surface area contributed by atoms with Crippen LogP contribution in [0.2, 0.25) is 5.02 Å². The van der Waals surface area contributed by atoms with Crippen molar-refractivity contribution in [2.45, 2.75) is 25.7 Å². The molecule has 1 fully saturated rings. The molecule has 0 N–H and O–H groups in total. The minimum Gasteiger partial charge on any atom is -0.426 e. The van der Waals surface area contributed by atoms with Crippen molar-refractivity contribution in [1.82, 2.24) is 0 Å². The monoisotopic (exact) mass is 433 g/mol. The van der Waals surface area contributed by atoms with E-state index in [9.17, 15) is 9.59 Å². The first kappa shape index (κ1) is 21.1. The number of anilines is 1. The van der Waals surface area contributed by atoms with Crippen molar-refractivity contribution in [2.75, 3.05) is 11.4 Å². The molecule has 3 aromatic rings. The molecule has 0 aliphatic carbocycles. The fourth-order valence-corrected chi connectivity index (χ4v) is 4.10. The predicted molar refractivity (Wildman–Crippen MR) is 123 cm³/mol. The standard InChI is InChI=1S/C26H24ClNO3/c1-26(2,19-7-4-3-5-8-19)20-11-13-23(14-12-20)31-25(30)18-15-24(29)28(17-18)22-10-6-9-21(27)16-22/h3-14,16,18H,15,17H2,1-2H3/t18-/m0/s1. The fraction of sp³-hybridized carbons (Fsp3) is 0.231. The van der Waals surface area contributed by atoms with E-state index in [1.807, 2.05) is 48.5 Å². The number of halogens is 1. The maximum atomic E-state index is 12.7. The van der Waals surface area contributed by atoms with Gasteiger partial charge in [0.1, 0.15) is 5.75 Å². The molecule has 1 heterocycles. The Bertz CT molecular complexity index is 1090. The summed E-state index contributed by atoms with van der Waals surface area (Å²) in [6, 6.07) is 24.9. The van der Waals surface area contributed by atoms with Gasteiger partial charge in [-0.3, -0.25) is 9.59 Å². The van der Waals surface area contributed by atoms with E-state index in [2.05, 4.69) is 26.0 Å². The summed E-state index contributed by atoms with van der Waals surface area (Å²) in [5.74, 6) is -0.532. The molecule has 1 atom stereocenters. The van der Waals surface area contributed by atoms with Gasteiger partial charge in [0.2, 0.25) is 5.91 Å². The number of carbonyl (C=O) groups excluding carboxylic acids is 2. The van der Waals surface area contributed by atoms with E-state index in [1.54, 1.807) is 23.1 Å². The number of esters is 1. The highest BCUT2D eigenvalue weighted by Gasteiger charge is 2.36. The van der Waals surface area contributed by atoms with Crippen LogP contribution in [0.1, 0.15) is 31.4 Å². The molecule has 0 spiro atoms. The van der Waals surface area contributed by atoms with E-state index >= 15 is 0 Å². The second-order valence-corrected chi connectivity index (χ2v) is 8.76. The number of rotatable bonds is 5. The van der Waals surface area contributed by atoms with Gasteiger partial charge in [0.15, 0.2) is 0 Å². The largest absolute Gasteiger partial charge is 0.426 e. The fourth-order valence-electron chi connectivity index (χ4n) is 3.92. The maximum Gasteiger partial charge on any atom is 0.316 e. The van der Waals surface area contributed by atoms with Gasteiger partial charge in [0.25, 0.3) is 0 Å². The normalized spacial score (nSPS) is 16.4. The highest BCUT2D eigenvalue weighted by molar-refractivity contribution is 6.31. The lowest BCUT2D eigenvalue weighted by Crippen LogP contribution is -2.27. The van der Waals surface area contributed by atoms with Gasteiger partial charge in [-0.05, 0) is 41.5 Å². The van der Waals surface area contributed by atoms with Crippen LogP contribution < -0.4 is 9.64 Å². The second kappa shape index (κ2) is 8.56. The van der Waals surface area contributed by atoms with Crippen LogP contribution in [-0.2, 0) is 15.0 Å². The molecule has 0 bridgehead atoms. The van der Waals surface area contributed by atoms with Gasteiger partial charge in [0.05, 0.1) is 5.92 Å². The quantitative estimate of drug-likeness (QED) is 0.387. The molecule has 3 aromatic carbocycles. The van der Waals surface area contributed by atoms with E-state index in [0.29, 0.717) is 16.5 Å². The van der Waals surface area contributed by atoms with E-state index in [1.165, 1.54) is 5.56 Å². The smallest absolute Gasteiger partial charge is 0.316 e. The van der Waals surface area contributed by atoms with E-state index in [4.69, 9.17) is 16.3 Å². The Kier molecular flexibility index (Phi) is 5.84. The summed E-state index contributed by atoms with van der Waals surface area (Å²) in [4.78, 5) is 26.7. The van der Waals surface area contributed by atoms with Crippen LogP contribution in [0, 0.1) is 5.92 Å². The third-order valence-corrected chi connectivity index (χ3v) is 6.10. The highest BCUT2D eigenvalue weighted by Crippen LogP contribution is 2.33. The van der Waals surface area contributed by atoms with Crippen LogP contribution in [0.15, 0.2) is 78.9 Å². The first-order valence-corrected chi connectivity index (χ1v) is 10.7. The van der Waals surface area contributed by atoms with E-state index in [-0.39, 0.29) is 24.3 Å². The Labute approximate surface area is 187 Å². The molecule has 5 heteroatoms. The lowest BCUT2D eigenvalue weighted by atomic mass is 9.78. The van der Waals surface area contributed by atoms with Crippen LogP contribution in [-0.4, -0.2) is 18.4 Å². The van der Waals surface area contributed by atoms with Crippen molar-refractivity contribution in [3.8, 4) is 5.75 Å². The van der Waals surface area contributed by atoms with Gasteiger partial charge in [-0.1, -0.05) is 74.0 Å². The van der Waals surface area contributed by atoms with Crippen molar-refractivity contribution in [3.63, 3.8) is 0 Å². The van der Waals surface area contributed by atoms with Crippen LogP contribution in [0.4, 0.5) is 5.69 Å². The Morgan fingerprint density at radius 3 is 2.32 bits per heavy atom. The zero-order valence-electron chi connectivity index (χ0n) is 17.5. The third kappa shape index (κ3) is 4.49. The minimum atomic E-state index is -0.507.